The summed E-state index contributed by atoms with van der Waals surface area (Å²) in [5.41, 5.74) is 8.86. The van der Waals surface area contributed by atoms with E-state index in [0.717, 1.165) is 19.4 Å². The highest BCUT2D eigenvalue weighted by Crippen LogP contribution is 2.18. The zero-order valence-corrected chi connectivity index (χ0v) is 13.4. The second kappa shape index (κ2) is 8.78. The maximum atomic E-state index is 12.3. The van der Waals surface area contributed by atoms with Crippen molar-refractivity contribution in [2.45, 2.75) is 51.9 Å². The van der Waals surface area contributed by atoms with Gasteiger partial charge in [-0.25, -0.2) is 10.4 Å². The predicted octanol–water partition coefficient (Wildman–Crippen LogP) is 0.123. The molecule has 19 heavy (non-hydrogen) atoms. The van der Waals surface area contributed by atoms with Crippen molar-refractivity contribution in [3.63, 3.8) is 0 Å². The largest absolute Gasteiger partial charge is 0.397 e. The van der Waals surface area contributed by atoms with E-state index in [4.69, 9.17) is 14.6 Å². The number of carbonyl (C=O) groups is 1. The van der Waals surface area contributed by atoms with Crippen LogP contribution in [0.25, 0.3) is 0 Å². The van der Waals surface area contributed by atoms with Crippen molar-refractivity contribution >= 4 is 15.1 Å². The standard InChI is InChI=1S/C12H27N3O3Si/c1-4-17-19(18-5-2)9-12(16)11-7-6-8-15(11)14-10(3)13/h10-11,14,19H,4-9,13H2,1-3H3. The molecule has 2 atom stereocenters. The van der Waals surface area contributed by atoms with E-state index < -0.39 is 9.28 Å². The molecule has 0 aromatic rings. The molecule has 1 aliphatic rings. The van der Waals surface area contributed by atoms with Gasteiger partial charge in [0.05, 0.1) is 12.2 Å². The number of nitrogens with two attached hydrogens (primary N) is 1. The zero-order valence-electron chi connectivity index (χ0n) is 12.2. The summed E-state index contributed by atoms with van der Waals surface area (Å²) in [4.78, 5) is 12.3. The Balaban J connectivity index is 2.50. The quantitative estimate of drug-likeness (QED) is 0.464. The van der Waals surface area contributed by atoms with Gasteiger partial charge in [0.1, 0.15) is 0 Å². The van der Waals surface area contributed by atoms with Crippen molar-refractivity contribution in [3.05, 3.63) is 0 Å². The number of nitrogens with zero attached hydrogens (tertiary/aromatic N) is 1. The highest BCUT2D eigenvalue weighted by molar-refractivity contribution is 6.49. The molecular weight excluding hydrogens is 262 g/mol. The number of carbonyl (C=O) groups excluding carboxylic acids is 1. The van der Waals surface area contributed by atoms with Gasteiger partial charge in [-0.15, -0.1) is 0 Å². The van der Waals surface area contributed by atoms with E-state index in [1.165, 1.54) is 0 Å². The van der Waals surface area contributed by atoms with E-state index in [1.54, 1.807) is 0 Å². The molecule has 112 valence electrons. The fourth-order valence-corrected chi connectivity index (χ4v) is 4.03. The molecule has 0 aliphatic carbocycles. The van der Waals surface area contributed by atoms with Crippen molar-refractivity contribution in [2.24, 2.45) is 5.73 Å². The van der Waals surface area contributed by atoms with E-state index in [2.05, 4.69) is 5.43 Å². The lowest BCUT2D eigenvalue weighted by Crippen LogP contribution is -2.52. The van der Waals surface area contributed by atoms with Gasteiger partial charge in [0, 0.05) is 25.8 Å². The number of Topliss-reactive ketones (excluding diaryl/α,β-unsaturated/α-hetero) is 1. The molecule has 0 spiro atoms. The molecule has 6 nitrogen and oxygen atoms in total. The van der Waals surface area contributed by atoms with Crippen LogP contribution in [-0.2, 0) is 13.6 Å². The summed E-state index contributed by atoms with van der Waals surface area (Å²) in [5, 5.41) is 1.97. The Morgan fingerprint density at radius 2 is 2.11 bits per heavy atom. The van der Waals surface area contributed by atoms with E-state index >= 15 is 0 Å². The van der Waals surface area contributed by atoms with E-state index in [9.17, 15) is 4.79 Å². The zero-order chi connectivity index (χ0) is 14.3. The van der Waals surface area contributed by atoms with Crippen LogP contribution in [0.15, 0.2) is 0 Å². The fraction of sp³-hybridized carbons (Fsp3) is 0.917. The van der Waals surface area contributed by atoms with Gasteiger partial charge in [0.15, 0.2) is 5.78 Å². The van der Waals surface area contributed by atoms with Gasteiger partial charge in [-0.05, 0) is 33.6 Å². The first kappa shape index (κ1) is 16.7. The van der Waals surface area contributed by atoms with Crippen LogP contribution in [0.1, 0.15) is 33.6 Å². The molecule has 0 aromatic heterocycles. The molecule has 0 saturated carbocycles. The van der Waals surface area contributed by atoms with Crippen LogP contribution in [0.3, 0.4) is 0 Å². The summed E-state index contributed by atoms with van der Waals surface area (Å²) < 4.78 is 11.1. The molecule has 1 saturated heterocycles. The minimum Gasteiger partial charge on any atom is -0.397 e. The lowest BCUT2D eigenvalue weighted by atomic mass is 10.1. The van der Waals surface area contributed by atoms with E-state index in [0.29, 0.717) is 19.3 Å². The van der Waals surface area contributed by atoms with Crippen molar-refractivity contribution in [3.8, 4) is 0 Å². The lowest BCUT2D eigenvalue weighted by molar-refractivity contribution is -0.122. The normalized spacial score (nSPS) is 22.1. The summed E-state index contributed by atoms with van der Waals surface area (Å²) >= 11 is 0. The van der Waals surface area contributed by atoms with Crippen LogP contribution < -0.4 is 11.2 Å². The van der Waals surface area contributed by atoms with Crippen LogP contribution in [0.2, 0.25) is 6.04 Å². The average Bonchev–Trinajstić information content (AvgIpc) is 2.77. The summed E-state index contributed by atoms with van der Waals surface area (Å²) in [7, 11) is -1.85. The highest BCUT2D eigenvalue weighted by atomic mass is 28.3. The van der Waals surface area contributed by atoms with Crippen LogP contribution in [-0.4, -0.2) is 52.0 Å². The van der Waals surface area contributed by atoms with E-state index in [-0.39, 0.29) is 18.0 Å². The molecule has 7 heteroatoms. The van der Waals surface area contributed by atoms with Gasteiger partial charge in [-0.2, -0.15) is 0 Å². The van der Waals surface area contributed by atoms with Crippen LogP contribution >= 0.6 is 0 Å². The Morgan fingerprint density at radius 3 is 2.63 bits per heavy atom. The van der Waals surface area contributed by atoms with Gasteiger partial charge >= 0.3 is 9.28 Å². The Kier molecular flexibility index (Phi) is 7.73. The Morgan fingerprint density at radius 1 is 1.47 bits per heavy atom. The third kappa shape index (κ3) is 5.68. The topological polar surface area (TPSA) is 76.8 Å². The first-order chi connectivity index (χ1) is 9.08. The van der Waals surface area contributed by atoms with Crippen LogP contribution in [0.4, 0.5) is 0 Å². The maximum absolute atomic E-state index is 12.3. The second-order valence-corrected chi connectivity index (χ2v) is 6.71. The van der Waals surface area contributed by atoms with E-state index in [1.807, 2.05) is 25.8 Å². The highest BCUT2D eigenvalue weighted by Gasteiger charge is 2.33. The van der Waals surface area contributed by atoms with Crippen molar-refractivity contribution < 1.29 is 13.6 Å². The first-order valence-corrected chi connectivity index (χ1v) is 8.88. The minimum absolute atomic E-state index is 0.0816. The van der Waals surface area contributed by atoms with Crippen LogP contribution in [0, 0.1) is 0 Å². The number of ketones is 1. The Hall–Kier alpha value is -0.313. The number of hydrazine groups is 1. The third-order valence-electron chi connectivity index (χ3n) is 3.07. The molecule has 1 heterocycles. The number of rotatable bonds is 9. The van der Waals surface area contributed by atoms with Gasteiger partial charge < -0.3 is 14.6 Å². The van der Waals surface area contributed by atoms with Gasteiger partial charge in [0.25, 0.3) is 0 Å². The van der Waals surface area contributed by atoms with Crippen LogP contribution in [0.5, 0.6) is 0 Å². The van der Waals surface area contributed by atoms with Crippen molar-refractivity contribution in [1.29, 1.82) is 0 Å². The number of hydrogen-bond donors (Lipinski definition) is 2. The van der Waals surface area contributed by atoms with Crippen molar-refractivity contribution in [1.82, 2.24) is 10.4 Å². The van der Waals surface area contributed by atoms with Crippen molar-refractivity contribution in [2.75, 3.05) is 19.8 Å². The third-order valence-corrected chi connectivity index (χ3v) is 5.21. The molecule has 0 aromatic carbocycles. The monoisotopic (exact) mass is 289 g/mol. The molecule has 0 bridgehead atoms. The first-order valence-electron chi connectivity index (χ1n) is 7.12. The molecule has 0 radical (unpaired) electrons. The summed E-state index contributed by atoms with van der Waals surface area (Å²) in [6.45, 7) is 7.82. The predicted molar refractivity (Wildman–Crippen MR) is 76.7 cm³/mol. The summed E-state index contributed by atoms with van der Waals surface area (Å²) in [6, 6.07) is 0.352. The van der Waals surface area contributed by atoms with Gasteiger partial charge in [-0.3, -0.25) is 4.79 Å². The molecule has 1 fully saturated rings. The number of hydrogen-bond acceptors (Lipinski definition) is 6. The molecule has 1 aliphatic heterocycles. The molecule has 1 rings (SSSR count). The smallest absolute Gasteiger partial charge is 0.329 e. The molecular formula is C12H27N3O3Si. The van der Waals surface area contributed by atoms with Gasteiger partial charge in [0.2, 0.25) is 0 Å². The minimum atomic E-state index is -1.85. The molecule has 3 N–H and O–H groups in total. The second-order valence-electron chi connectivity index (χ2n) is 4.78. The molecule has 0 amide bonds. The lowest BCUT2D eigenvalue weighted by Gasteiger charge is -2.27. The molecule has 2 unspecified atom stereocenters. The SMILES string of the molecule is CCO[SiH](CC(=O)C1CCCN1NC(C)N)OCC. The van der Waals surface area contributed by atoms with Gasteiger partial charge in [-0.1, -0.05) is 0 Å². The Labute approximate surface area is 117 Å². The summed E-state index contributed by atoms with van der Waals surface area (Å²) in [5.74, 6) is 0.212. The maximum Gasteiger partial charge on any atom is 0.329 e. The number of nitrogens with one attached hydrogen (secondary N) is 1. The average molecular weight is 289 g/mol. The Bertz CT molecular complexity index is 273. The fourth-order valence-electron chi connectivity index (χ4n) is 2.36. The summed E-state index contributed by atoms with van der Waals surface area (Å²) in [6.07, 6.45) is 1.77.